The van der Waals surface area contributed by atoms with Crippen molar-refractivity contribution in [2.24, 2.45) is 0 Å². The van der Waals surface area contributed by atoms with Crippen molar-refractivity contribution in [1.29, 1.82) is 0 Å². The smallest absolute Gasteiger partial charge is 0.294 e. The van der Waals surface area contributed by atoms with Crippen LogP contribution in [0, 0.1) is 10.1 Å². The lowest BCUT2D eigenvalue weighted by Gasteiger charge is -2.42. The van der Waals surface area contributed by atoms with Crippen LogP contribution in [0.5, 0.6) is 11.5 Å². The molecule has 0 radical (unpaired) electrons. The number of piperazine rings is 2. The molecule has 0 saturated carbocycles. The summed E-state index contributed by atoms with van der Waals surface area (Å²) in [5.74, 6) is 2.26. The molecule has 6 heterocycles. The van der Waals surface area contributed by atoms with Crippen molar-refractivity contribution < 1.29 is 23.5 Å². The summed E-state index contributed by atoms with van der Waals surface area (Å²) >= 11 is 12.8. The molecule has 22 nitrogen and oxygen atoms in total. The highest BCUT2D eigenvalue weighted by atomic mass is 35.5. The van der Waals surface area contributed by atoms with Gasteiger partial charge in [0.05, 0.1) is 65.7 Å². The van der Waals surface area contributed by atoms with Gasteiger partial charge in [-0.25, -0.2) is 9.97 Å². The molecular formula is C58H78Cl2N16O6P2. The van der Waals surface area contributed by atoms with Gasteiger partial charge in [-0.1, -0.05) is 47.5 Å². The molecule has 4 fully saturated rings. The number of nitrogen functional groups attached to an aromatic ring is 1. The van der Waals surface area contributed by atoms with Crippen LogP contribution in [0.2, 0.25) is 10.0 Å². The number of benzene rings is 4. The number of hydrogen-bond donors (Lipinski definition) is 5. The standard InChI is InChI=1S/C29H38ClN8O4P.C29H40ClN8O2P/c1-35-13-15-36(16-14-35)20-9-11-37(12-10-20)24-18-26(42-2)23(17-25(24)38(39)40)33-29-31-19-21(30)28(34-29)32-22-7-5-6-8-27(22)43(3,4)41;1-36-13-15-37(16-14-36)20-9-11-38(12-10-20)25-18-26(40-2)24(17-22(25)31)34-29-32-19-21(30)28(35-29)33-23-7-5-6-8-27(23)41(3,4)39/h5-8,17-20H,9-16H2,1-4H3,(H2,31,32,33,34);5-8,17-20H,9-16,31H2,1-4H3,(H2,32,33,34,35). The Bertz CT molecular complexity index is 3380. The highest BCUT2D eigenvalue weighted by molar-refractivity contribution is 7.70. The molecule has 0 unspecified atom stereocenters. The topological polar surface area (TPSA) is 241 Å². The van der Waals surface area contributed by atoms with Crippen molar-refractivity contribution >= 4 is 117 Å². The number of nitro benzene ring substituents is 1. The average Bonchev–Trinajstić information content (AvgIpc) is 3.02. The fraction of sp³-hybridized carbons (Fsp3) is 0.448. The molecule has 4 aromatic carbocycles. The fourth-order valence-electron chi connectivity index (χ4n) is 11.3. The SMILES string of the molecule is COc1cc(N2CCC(N3CCN(C)CC3)CC2)c(N)cc1Nc1ncc(Cl)c(Nc2ccccc2P(C)(C)=O)n1.COc1cc(N2CCC(N3CCN(C)CC3)CC2)c([N+](=O)[O-])cc1Nc1ncc(Cl)c(Nc2ccccc2P(C)(C)=O)n1. The third-order valence-corrected chi connectivity index (χ3v) is 19.7. The molecule has 0 amide bonds. The monoisotopic (exact) mass is 1230 g/mol. The first-order valence-electron chi connectivity index (χ1n) is 28.3. The Kier molecular flexibility index (Phi) is 20.1. The minimum Gasteiger partial charge on any atom is -0.494 e. The van der Waals surface area contributed by atoms with Crippen molar-refractivity contribution in [1.82, 2.24) is 39.5 Å². The summed E-state index contributed by atoms with van der Waals surface area (Å²) in [5, 5.41) is 26.9. The predicted octanol–water partition coefficient (Wildman–Crippen LogP) is 9.67. The largest absolute Gasteiger partial charge is 0.494 e. The Morgan fingerprint density at radius 1 is 0.571 bits per heavy atom. The van der Waals surface area contributed by atoms with Gasteiger partial charge in [-0.2, -0.15) is 9.97 Å². The van der Waals surface area contributed by atoms with Crippen molar-refractivity contribution in [2.45, 2.75) is 37.8 Å². The van der Waals surface area contributed by atoms with Gasteiger partial charge < -0.3 is 65.2 Å². The Morgan fingerprint density at radius 2 is 0.964 bits per heavy atom. The summed E-state index contributed by atoms with van der Waals surface area (Å²) in [4.78, 5) is 44.0. The number of halogens is 2. The van der Waals surface area contributed by atoms with Gasteiger partial charge in [0, 0.05) is 119 Å². The van der Waals surface area contributed by atoms with E-state index >= 15 is 0 Å². The average molecular weight is 1230 g/mol. The van der Waals surface area contributed by atoms with Gasteiger partial charge in [0.25, 0.3) is 5.69 Å². The van der Waals surface area contributed by atoms with Gasteiger partial charge in [0.2, 0.25) is 11.9 Å². The lowest BCUT2D eigenvalue weighted by atomic mass is 10.0. The molecule has 0 atom stereocenters. The Hall–Kier alpha value is -6.48. The summed E-state index contributed by atoms with van der Waals surface area (Å²) in [6.45, 7) is 19.1. The number of rotatable bonds is 17. The lowest BCUT2D eigenvalue weighted by molar-refractivity contribution is -0.384. The van der Waals surface area contributed by atoms with Gasteiger partial charge in [-0.05, 0) is 96.8 Å². The second-order valence-corrected chi connectivity index (χ2v) is 29.7. The zero-order chi connectivity index (χ0) is 59.9. The number of para-hydroxylation sites is 2. The van der Waals surface area contributed by atoms with Crippen molar-refractivity contribution in [3.8, 4) is 11.5 Å². The first-order chi connectivity index (χ1) is 40.1. The maximum absolute atomic E-state index is 12.8. The number of methoxy groups -OCH3 is 2. The molecule has 0 bridgehead atoms. The van der Waals surface area contributed by atoms with Gasteiger partial charge in [0.15, 0.2) is 11.6 Å². The third kappa shape index (κ3) is 15.3. The van der Waals surface area contributed by atoms with E-state index in [4.69, 9.17) is 38.4 Å². The number of nitro groups is 1. The molecule has 4 saturated heterocycles. The molecule has 6 aromatic rings. The van der Waals surface area contributed by atoms with E-state index < -0.39 is 14.3 Å². The van der Waals surface area contributed by atoms with E-state index in [0.717, 1.165) is 115 Å². The minimum atomic E-state index is -2.58. The van der Waals surface area contributed by atoms with Gasteiger partial charge in [0.1, 0.15) is 41.5 Å². The fourth-order valence-corrected chi connectivity index (χ4v) is 13.9. The van der Waals surface area contributed by atoms with E-state index in [0.29, 0.717) is 85.6 Å². The number of aromatic nitrogens is 4. The summed E-state index contributed by atoms with van der Waals surface area (Å²) in [6, 6.07) is 22.9. The number of likely N-dealkylation sites (N-methyl/N-ethyl adjacent to an activating group) is 2. The first kappa shape index (κ1) is 62.1. The predicted molar refractivity (Wildman–Crippen MR) is 344 cm³/mol. The number of hydrogen-bond acceptors (Lipinski definition) is 21. The van der Waals surface area contributed by atoms with Crippen LogP contribution in [0.3, 0.4) is 0 Å². The number of nitrogens with two attached hydrogens (primary N) is 1. The summed E-state index contributed by atoms with van der Waals surface area (Å²) in [6.07, 6.45) is 7.09. The first-order valence-corrected chi connectivity index (χ1v) is 34.2. The molecule has 26 heteroatoms. The summed E-state index contributed by atoms with van der Waals surface area (Å²) in [5.41, 5.74) is 11.0. The van der Waals surface area contributed by atoms with Gasteiger partial charge >= 0.3 is 0 Å². The molecule has 0 aliphatic carbocycles. The Balaban J connectivity index is 0.000000202. The van der Waals surface area contributed by atoms with Gasteiger partial charge in [-0.15, -0.1) is 0 Å². The van der Waals surface area contributed by atoms with Gasteiger partial charge in [-0.3, -0.25) is 19.9 Å². The van der Waals surface area contributed by atoms with Crippen LogP contribution >= 0.6 is 37.5 Å². The Morgan fingerprint density at radius 3 is 1.37 bits per heavy atom. The molecule has 2 aromatic heterocycles. The second kappa shape index (κ2) is 27.3. The van der Waals surface area contributed by atoms with Crippen LogP contribution in [0.25, 0.3) is 0 Å². The maximum Gasteiger partial charge on any atom is 0.294 e. The van der Waals surface area contributed by atoms with Crippen LogP contribution in [0.4, 0.5) is 69.0 Å². The molecule has 6 N–H and O–H groups in total. The van der Waals surface area contributed by atoms with E-state index in [1.807, 2.05) is 48.5 Å². The van der Waals surface area contributed by atoms with Crippen LogP contribution in [0.1, 0.15) is 25.7 Å². The zero-order valence-electron chi connectivity index (χ0n) is 49.1. The van der Waals surface area contributed by atoms with Crippen molar-refractivity contribution in [3.05, 3.63) is 105 Å². The minimum absolute atomic E-state index is 0.0239. The van der Waals surface area contributed by atoms with Crippen molar-refractivity contribution in [3.63, 3.8) is 0 Å². The summed E-state index contributed by atoms with van der Waals surface area (Å²) in [7, 11) is 2.40. The number of anilines is 11. The highest BCUT2D eigenvalue weighted by Crippen LogP contribution is 2.44. The third-order valence-electron chi connectivity index (χ3n) is 16.0. The Labute approximate surface area is 502 Å². The molecule has 4 aliphatic rings. The highest BCUT2D eigenvalue weighted by Gasteiger charge is 2.32. The normalized spacial score (nSPS) is 17.3. The van der Waals surface area contributed by atoms with E-state index in [1.165, 1.54) is 25.6 Å². The number of nitrogens with one attached hydrogen (secondary N) is 4. The second-order valence-electron chi connectivity index (χ2n) is 22.5. The quantitative estimate of drug-likeness (QED) is 0.0247. The molecule has 84 heavy (non-hydrogen) atoms. The van der Waals surface area contributed by atoms with Crippen molar-refractivity contribution in [2.75, 3.05) is 170 Å². The van der Waals surface area contributed by atoms with Crippen LogP contribution in [-0.4, -0.2) is 190 Å². The summed E-state index contributed by atoms with van der Waals surface area (Å²) < 4.78 is 37.0. The number of piperidine rings is 2. The van der Waals surface area contributed by atoms with E-state index in [1.54, 1.807) is 52.0 Å². The lowest BCUT2D eigenvalue weighted by Crippen LogP contribution is -2.52. The number of ether oxygens (including phenoxy) is 2. The zero-order valence-corrected chi connectivity index (χ0v) is 52.4. The molecule has 10 rings (SSSR count). The van der Waals surface area contributed by atoms with Crippen LogP contribution < -0.4 is 56.9 Å². The van der Waals surface area contributed by atoms with E-state index in [-0.39, 0.29) is 21.6 Å². The molecule has 0 spiro atoms. The number of nitrogens with zero attached hydrogens (tertiary/aromatic N) is 11. The molecule has 4 aliphatic heterocycles. The van der Waals surface area contributed by atoms with E-state index in [9.17, 15) is 19.2 Å². The molecular weight excluding hydrogens is 1150 g/mol. The molecule has 450 valence electrons. The van der Waals surface area contributed by atoms with Crippen LogP contribution in [0.15, 0.2) is 85.2 Å². The van der Waals surface area contributed by atoms with Crippen LogP contribution in [-0.2, 0) is 9.13 Å². The van der Waals surface area contributed by atoms with E-state index in [2.05, 4.69) is 84.7 Å². The maximum atomic E-state index is 12.8.